The smallest absolute Gasteiger partial charge is 0.423 e. The lowest BCUT2D eigenvalue weighted by Crippen LogP contribution is -2.39. The first-order chi connectivity index (χ1) is 4.22. The van der Waals surface area contributed by atoms with E-state index < -0.39 is 12.7 Å². The summed E-state index contributed by atoms with van der Waals surface area (Å²) in [6.45, 7) is 0. The molecule has 0 saturated carbocycles. The summed E-state index contributed by atoms with van der Waals surface area (Å²) in [6.07, 6.45) is 1.20. The van der Waals surface area contributed by atoms with E-state index in [1.807, 2.05) is 0 Å². The van der Waals surface area contributed by atoms with Crippen molar-refractivity contribution in [3.8, 4) is 0 Å². The average molecular weight is 128 g/mol. The van der Waals surface area contributed by atoms with Gasteiger partial charge in [-0.1, -0.05) is 0 Å². The standard InChI is InChI=1S/C3H5BN2O3/c7-3-2(4(8)9)1-5-6-3/h1,8-9H,(H2,5,6,7). The maximum atomic E-state index is 10.5. The zero-order valence-corrected chi connectivity index (χ0v) is 4.46. The Labute approximate surface area is 50.5 Å². The lowest BCUT2D eigenvalue weighted by molar-refractivity contribution is 0.425. The summed E-state index contributed by atoms with van der Waals surface area (Å²) < 4.78 is 0. The molecule has 0 saturated heterocycles. The molecule has 0 aliphatic heterocycles. The lowest BCUT2D eigenvalue weighted by Gasteiger charge is -1.85. The maximum Gasteiger partial charge on any atom is 0.495 e. The van der Waals surface area contributed by atoms with E-state index in [2.05, 4.69) is 10.2 Å². The van der Waals surface area contributed by atoms with Crippen molar-refractivity contribution in [3.05, 3.63) is 16.6 Å². The number of nitrogens with one attached hydrogen (secondary N) is 2. The van der Waals surface area contributed by atoms with Gasteiger partial charge in [0.25, 0.3) is 5.56 Å². The second-order valence-corrected chi connectivity index (χ2v) is 1.57. The van der Waals surface area contributed by atoms with Crippen LogP contribution in [0.5, 0.6) is 0 Å². The highest BCUT2D eigenvalue weighted by Gasteiger charge is 2.14. The quantitative estimate of drug-likeness (QED) is 0.312. The van der Waals surface area contributed by atoms with Crippen molar-refractivity contribution in [2.75, 3.05) is 0 Å². The third-order valence-corrected chi connectivity index (χ3v) is 0.954. The zero-order valence-electron chi connectivity index (χ0n) is 4.46. The molecule has 0 atom stereocenters. The number of hydrogen-bond donors (Lipinski definition) is 4. The first kappa shape index (κ1) is 6.12. The third-order valence-electron chi connectivity index (χ3n) is 0.954. The molecule has 1 rings (SSSR count). The molecule has 1 aromatic rings. The van der Waals surface area contributed by atoms with Crippen LogP contribution >= 0.6 is 0 Å². The molecule has 4 N–H and O–H groups in total. The van der Waals surface area contributed by atoms with Crippen LogP contribution in [0.25, 0.3) is 0 Å². The molecule has 9 heavy (non-hydrogen) atoms. The van der Waals surface area contributed by atoms with E-state index in [0.717, 1.165) is 0 Å². The van der Waals surface area contributed by atoms with Crippen LogP contribution in [0.2, 0.25) is 0 Å². The van der Waals surface area contributed by atoms with Crippen LogP contribution in [0, 0.1) is 0 Å². The van der Waals surface area contributed by atoms with Gasteiger partial charge in [0.1, 0.15) is 0 Å². The lowest BCUT2D eigenvalue weighted by atomic mass is 9.83. The molecule has 0 radical (unpaired) electrons. The Morgan fingerprint density at radius 3 is 2.44 bits per heavy atom. The van der Waals surface area contributed by atoms with Gasteiger partial charge < -0.3 is 15.1 Å². The van der Waals surface area contributed by atoms with Crippen LogP contribution in [-0.4, -0.2) is 27.4 Å². The molecule has 0 bridgehead atoms. The first-order valence-electron chi connectivity index (χ1n) is 2.34. The van der Waals surface area contributed by atoms with Gasteiger partial charge in [0.2, 0.25) is 0 Å². The average Bonchev–Trinajstić information content (AvgIpc) is 2.13. The van der Waals surface area contributed by atoms with Crippen molar-refractivity contribution >= 4 is 12.6 Å². The van der Waals surface area contributed by atoms with Gasteiger partial charge in [-0.2, -0.15) is 0 Å². The SMILES string of the molecule is O=c1[nH][nH]cc1B(O)O. The summed E-state index contributed by atoms with van der Waals surface area (Å²) in [5, 5.41) is 21.3. The van der Waals surface area contributed by atoms with Crippen molar-refractivity contribution in [3.63, 3.8) is 0 Å². The number of aromatic nitrogens is 2. The molecule has 0 fully saturated rings. The predicted octanol–water partition coefficient (Wildman–Crippen LogP) is -2.62. The third kappa shape index (κ3) is 1.03. The van der Waals surface area contributed by atoms with Crippen molar-refractivity contribution in [2.45, 2.75) is 0 Å². The first-order valence-corrected chi connectivity index (χ1v) is 2.34. The van der Waals surface area contributed by atoms with Crippen LogP contribution in [0.4, 0.5) is 0 Å². The summed E-state index contributed by atoms with van der Waals surface area (Å²) in [4.78, 5) is 10.5. The highest BCUT2D eigenvalue weighted by atomic mass is 16.4. The Balaban J connectivity index is 3.08. The molecule has 6 heteroatoms. The van der Waals surface area contributed by atoms with Gasteiger partial charge >= 0.3 is 7.12 Å². The summed E-state index contributed by atoms with van der Waals surface area (Å²) in [5.41, 5.74) is -0.583. The van der Waals surface area contributed by atoms with Gasteiger partial charge in [-0.25, -0.2) is 0 Å². The van der Waals surface area contributed by atoms with Crippen LogP contribution in [0.1, 0.15) is 0 Å². The van der Waals surface area contributed by atoms with Crippen LogP contribution < -0.4 is 11.0 Å². The maximum absolute atomic E-state index is 10.5. The Hall–Kier alpha value is -1.01. The summed E-state index contributed by atoms with van der Waals surface area (Å²) in [6, 6.07) is 0. The summed E-state index contributed by atoms with van der Waals surface area (Å²) in [5.74, 6) is 0. The van der Waals surface area contributed by atoms with Crippen LogP contribution in [-0.2, 0) is 0 Å². The van der Waals surface area contributed by atoms with Crippen LogP contribution in [0.3, 0.4) is 0 Å². The monoisotopic (exact) mass is 128 g/mol. The number of hydrogen-bond acceptors (Lipinski definition) is 3. The van der Waals surface area contributed by atoms with E-state index in [-0.39, 0.29) is 5.46 Å². The summed E-state index contributed by atoms with van der Waals surface area (Å²) >= 11 is 0. The fourth-order valence-electron chi connectivity index (χ4n) is 0.509. The highest BCUT2D eigenvalue weighted by Crippen LogP contribution is 1.64. The molecule has 1 aromatic heterocycles. The van der Waals surface area contributed by atoms with E-state index in [1.165, 1.54) is 6.20 Å². The molecular formula is C3H5BN2O3. The molecule has 0 unspecified atom stereocenters. The number of aromatic amines is 2. The molecule has 5 nitrogen and oxygen atoms in total. The van der Waals surface area contributed by atoms with E-state index >= 15 is 0 Å². The molecule has 0 aliphatic carbocycles. The van der Waals surface area contributed by atoms with Gasteiger partial charge in [0, 0.05) is 6.20 Å². The molecule has 0 aromatic carbocycles. The number of H-pyrrole nitrogens is 2. The van der Waals surface area contributed by atoms with Gasteiger partial charge in [-0.05, 0) is 0 Å². The highest BCUT2D eigenvalue weighted by molar-refractivity contribution is 6.58. The van der Waals surface area contributed by atoms with E-state index in [4.69, 9.17) is 10.0 Å². The minimum absolute atomic E-state index is 0.0741. The van der Waals surface area contributed by atoms with Gasteiger partial charge in [0.15, 0.2) is 0 Å². The fraction of sp³-hybridized carbons (Fsp3) is 0. The Morgan fingerprint density at radius 1 is 1.56 bits per heavy atom. The second kappa shape index (κ2) is 2.08. The Morgan fingerprint density at radius 2 is 2.22 bits per heavy atom. The van der Waals surface area contributed by atoms with E-state index in [0.29, 0.717) is 0 Å². The molecule has 48 valence electrons. The minimum atomic E-state index is -1.69. The van der Waals surface area contributed by atoms with Crippen molar-refractivity contribution in [1.82, 2.24) is 10.2 Å². The fourth-order valence-corrected chi connectivity index (χ4v) is 0.509. The Bertz CT molecular complexity index is 239. The van der Waals surface area contributed by atoms with E-state index in [1.54, 1.807) is 0 Å². The van der Waals surface area contributed by atoms with Gasteiger partial charge in [0.05, 0.1) is 5.46 Å². The second-order valence-electron chi connectivity index (χ2n) is 1.57. The van der Waals surface area contributed by atoms with Gasteiger partial charge in [-0.3, -0.25) is 9.89 Å². The van der Waals surface area contributed by atoms with Gasteiger partial charge in [-0.15, -0.1) is 0 Å². The zero-order chi connectivity index (χ0) is 6.85. The molecule has 0 amide bonds. The van der Waals surface area contributed by atoms with Crippen molar-refractivity contribution < 1.29 is 10.0 Å². The predicted molar refractivity (Wildman–Crippen MR) is 31.2 cm³/mol. The van der Waals surface area contributed by atoms with Crippen LogP contribution in [0.15, 0.2) is 11.0 Å². The topological polar surface area (TPSA) is 89.1 Å². The minimum Gasteiger partial charge on any atom is -0.423 e. The summed E-state index contributed by atoms with van der Waals surface area (Å²) in [7, 11) is -1.69. The van der Waals surface area contributed by atoms with Crippen molar-refractivity contribution in [2.24, 2.45) is 0 Å². The molecule has 0 aliphatic rings. The molecule has 0 spiro atoms. The van der Waals surface area contributed by atoms with Crippen molar-refractivity contribution in [1.29, 1.82) is 0 Å². The Kier molecular flexibility index (Phi) is 1.41. The normalized spacial score (nSPS) is 9.56. The molecular weight excluding hydrogens is 123 g/mol. The molecule has 1 heterocycles. The number of rotatable bonds is 1. The largest absolute Gasteiger partial charge is 0.495 e. The van der Waals surface area contributed by atoms with E-state index in [9.17, 15) is 4.79 Å².